The van der Waals surface area contributed by atoms with E-state index in [1.165, 1.54) is 5.56 Å². The summed E-state index contributed by atoms with van der Waals surface area (Å²) in [5, 5.41) is 0. The van der Waals surface area contributed by atoms with Gasteiger partial charge in [0.1, 0.15) is 0 Å². The van der Waals surface area contributed by atoms with E-state index in [0.717, 1.165) is 5.56 Å². The van der Waals surface area contributed by atoms with Crippen LogP contribution in [0.3, 0.4) is 0 Å². The van der Waals surface area contributed by atoms with Gasteiger partial charge in [-0.3, -0.25) is 9.59 Å². The monoisotopic (exact) mass is 188 g/mol. The molecule has 0 aromatic heterocycles. The second-order valence-corrected chi connectivity index (χ2v) is 4.00. The molecule has 1 aliphatic rings. The Balaban J connectivity index is 2.49. The van der Waals surface area contributed by atoms with E-state index in [1.54, 1.807) is 6.07 Å². The molecule has 0 amide bonds. The van der Waals surface area contributed by atoms with Crippen molar-refractivity contribution < 1.29 is 9.59 Å². The van der Waals surface area contributed by atoms with E-state index in [-0.39, 0.29) is 18.0 Å². The van der Waals surface area contributed by atoms with E-state index in [2.05, 4.69) is 13.8 Å². The highest BCUT2D eigenvalue weighted by Gasteiger charge is 2.27. The summed E-state index contributed by atoms with van der Waals surface area (Å²) < 4.78 is 0. The first kappa shape index (κ1) is 9.13. The summed E-state index contributed by atoms with van der Waals surface area (Å²) in [6, 6.07) is 5.68. The van der Waals surface area contributed by atoms with Gasteiger partial charge in [0.05, 0.1) is 0 Å². The SMILES string of the molecule is CC(C)c1ccc2c(c1)CC(=O)C2=O. The maximum atomic E-state index is 11.3. The summed E-state index contributed by atoms with van der Waals surface area (Å²) in [4.78, 5) is 22.5. The molecule has 2 rings (SSSR count). The van der Waals surface area contributed by atoms with Crippen LogP contribution in [0.4, 0.5) is 0 Å². The van der Waals surface area contributed by atoms with E-state index in [4.69, 9.17) is 0 Å². The normalized spacial score (nSPS) is 15.1. The molecule has 0 spiro atoms. The number of hydrogen-bond donors (Lipinski definition) is 0. The fourth-order valence-electron chi connectivity index (χ4n) is 1.74. The minimum atomic E-state index is -0.324. The van der Waals surface area contributed by atoms with Gasteiger partial charge in [-0.15, -0.1) is 0 Å². The van der Waals surface area contributed by atoms with Gasteiger partial charge < -0.3 is 0 Å². The summed E-state index contributed by atoms with van der Waals surface area (Å²) >= 11 is 0. The standard InChI is InChI=1S/C12H12O2/c1-7(2)8-3-4-10-9(5-8)6-11(13)12(10)14/h3-5,7H,6H2,1-2H3. The number of benzene rings is 1. The Kier molecular flexibility index (Phi) is 1.99. The van der Waals surface area contributed by atoms with Gasteiger partial charge in [-0.2, -0.15) is 0 Å². The molecule has 0 heterocycles. The second kappa shape index (κ2) is 3.05. The van der Waals surface area contributed by atoms with Crippen molar-refractivity contribution >= 4 is 11.6 Å². The van der Waals surface area contributed by atoms with Crippen LogP contribution in [0, 0.1) is 0 Å². The molecule has 0 bridgehead atoms. The molecule has 0 atom stereocenters. The number of hydrogen-bond acceptors (Lipinski definition) is 2. The van der Waals surface area contributed by atoms with E-state index in [9.17, 15) is 9.59 Å². The van der Waals surface area contributed by atoms with Crippen molar-refractivity contribution in [1.29, 1.82) is 0 Å². The maximum Gasteiger partial charge on any atom is 0.229 e. The first-order valence-electron chi connectivity index (χ1n) is 4.80. The Hall–Kier alpha value is -1.44. The fraction of sp³-hybridized carbons (Fsp3) is 0.333. The van der Waals surface area contributed by atoms with E-state index < -0.39 is 0 Å². The molecule has 2 nitrogen and oxygen atoms in total. The molecule has 2 heteroatoms. The van der Waals surface area contributed by atoms with E-state index >= 15 is 0 Å². The Morgan fingerprint density at radius 1 is 1.21 bits per heavy atom. The molecular formula is C12H12O2. The van der Waals surface area contributed by atoms with Gasteiger partial charge in [-0.1, -0.05) is 32.0 Å². The lowest BCUT2D eigenvalue weighted by molar-refractivity contribution is -0.114. The highest BCUT2D eigenvalue weighted by Crippen LogP contribution is 2.24. The lowest BCUT2D eigenvalue weighted by Crippen LogP contribution is -2.05. The molecule has 0 unspecified atom stereocenters. The summed E-state index contributed by atoms with van der Waals surface area (Å²) in [6.07, 6.45) is 0.286. The van der Waals surface area contributed by atoms with Gasteiger partial charge in [-0.05, 0) is 17.0 Å². The minimum Gasteiger partial charge on any atom is -0.290 e. The van der Waals surface area contributed by atoms with Crippen LogP contribution in [-0.4, -0.2) is 11.6 Å². The smallest absolute Gasteiger partial charge is 0.229 e. The van der Waals surface area contributed by atoms with Crippen molar-refractivity contribution in [3.05, 3.63) is 34.9 Å². The van der Waals surface area contributed by atoms with Crippen molar-refractivity contribution in [2.75, 3.05) is 0 Å². The fourth-order valence-corrected chi connectivity index (χ4v) is 1.74. The van der Waals surface area contributed by atoms with Crippen LogP contribution in [0.5, 0.6) is 0 Å². The van der Waals surface area contributed by atoms with Crippen LogP contribution in [-0.2, 0) is 11.2 Å². The van der Waals surface area contributed by atoms with Crippen LogP contribution in [0.25, 0.3) is 0 Å². The van der Waals surface area contributed by atoms with Crippen molar-refractivity contribution in [2.24, 2.45) is 0 Å². The predicted octanol–water partition coefficient (Wildman–Crippen LogP) is 2.12. The van der Waals surface area contributed by atoms with Gasteiger partial charge in [0, 0.05) is 12.0 Å². The summed E-state index contributed by atoms with van der Waals surface area (Å²) in [5.41, 5.74) is 2.68. The van der Waals surface area contributed by atoms with Crippen molar-refractivity contribution in [3.8, 4) is 0 Å². The Morgan fingerprint density at radius 3 is 2.57 bits per heavy atom. The molecular weight excluding hydrogens is 176 g/mol. The average molecular weight is 188 g/mol. The highest BCUT2D eigenvalue weighted by atomic mass is 16.2. The largest absolute Gasteiger partial charge is 0.290 e. The zero-order valence-corrected chi connectivity index (χ0v) is 8.33. The van der Waals surface area contributed by atoms with E-state index in [0.29, 0.717) is 11.5 Å². The highest BCUT2D eigenvalue weighted by molar-refractivity contribution is 6.47. The number of Topliss-reactive ketones (excluding diaryl/α,β-unsaturated/α-hetero) is 2. The Labute approximate surface area is 82.9 Å². The number of ketones is 2. The van der Waals surface area contributed by atoms with Crippen LogP contribution < -0.4 is 0 Å². The predicted molar refractivity (Wildman–Crippen MR) is 53.6 cm³/mol. The zero-order valence-electron chi connectivity index (χ0n) is 8.33. The van der Waals surface area contributed by atoms with Crippen LogP contribution in [0.2, 0.25) is 0 Å². The van der Waals surface area contributed by atoms with Gasteiger partial charge in [0.2, 0.25) is 11.6 Å². The lowest BCUT2D eigenvalue weighted by atomic mass is 9.98. The number of fused-ring (bicyclic) bond motifs is 1. The van der Waals surface area contributed by atoms with Gasteiger partial charge in [0.15, 0.2) is 0 Å². The van der Waals surface area contributed by atoms with Crippen molar-refractivity contribution in [3.63, 3.8) is 0 Å². The molecule has 0 aliphatic heterocycles. The van der Waals surface area contributed by atoms with E-state index in [1.807, 2.05) is 12.1 Å². The summed E-state index contributed by atoms with van der Waals surface area (Å²) in [6.45, 7) is 4.20. The van der Waals surface area contributed by atoms with Crippen molar-refractivity contribution in [1.82, 2.24) is 0 Å². The van der Waals surface area contributed by atoms with Crippen molar-refractivity contribution in [2.45, 2.75) is 26.2 Å². The third-order valence-corrected chi connectivity index (χ3v) is 2.64. The molecule has 1 aromatic carbocycles. The minimum absolute atomic E-state index is 0.277. The molecule has 0 saturated heterocycles. The number of rotatable bonds is 1. The van der Waals surface area contributed by atoms with Gasteiger partial charge in [-0.25, -0.2) is 0 Å². The first-order chi connectivity index (χ1) is 6.59. The third-order valence-electron chi connectivity index (χ3n) is 2.64. The topological polar surface area (TPSA) is 34.1 Å². The quantitative estimate of drug-likeness (QED) is 0.632. The molecule has 72 valence electrons. The Morgan fingerprint density at radius 2 is 1.93 bits per heavy atom. The van der Waals surface area contributed by atoms with Gasteiger partial charge >= 0.3 is 0 Å². The third kappa shape index (κ3) is 1.27. The van der Waals surface area contributed by atoms with Gasteiger partial charge in [0.25, 0.3) is 0 Å². The molecule has 0 N–H and O–H groups in total. The summed E-state index contributed by atoms with van der Waals surface area (Å²) in [7, 11) is 0. The van der Waals surface area contributed by atoms with Crippen LogP contribution in [0.15, 0.2) is 18.2 Å². The lowest BCUT2D eigenvalue weighted by Gasteiger charge is -2.06. The molecule has 0 radical (unpaired) electrons. The Bertz CT molecular complexity index is 416. The van der Waals surface area contributed by atoms with Crippen LogP contribution >= 0.6 is 0 Å². The second-order valence-electron chi connectivity index (χ2n) is 4.00. The van der Waals surface area contributed by atoms with Crippen LogP contribution in [0.1, 0.15) is 41.3 Å². The average Bonchev–Trinajstić information content (AvgIpc) is 2.42. The maximum absolute atomic E-state index is 11.3. The zero-order chi connectivity index (χ0) is 10.3. The number of carbonyl (C=O) groups excluding carboxylic acids is 2. The first-order valence-corrected chi connectivity index (χ1v) is 4.80. The molecule has 14 heavy (non-hydrogen) atoms. The summed E-state index contributed by atoms with van der Waals surface area (Å²) in [5.74, 6) is -0.165. The molecule has 1 aromatic rings. The molecule has 1 aliphatic carbocycles. The molecule has 0 fully saturated rings. The number of carbonyl (C=O) groups is 2. The molecule has 0 saturated carbocycles.